The molecule has 0 bridgehead atoms. The number of benzene rings is 4. The molecule has 13 heteroatoms. The molecule has 1 unspecified atom stereocenters. The second kappa shape index (κ2) is 14.2. The molecule has 5 rings (SSSR count). The first-order chi connectivity index (χ1) is 21.5. The summed E-state index contributed by atoms with van der Waals surface area (Å²) in [6.07, 6.45) is 0. The molecule has 0 fully saturated rings. The monoisotopic (exact) mass is 715 g/mol. The number of anilines is 2. The number of carbonyl (C=O) groups is 3. The van der Waals surface area contributed by atoms with Crippen molar-refractivity contribution >= 4 is 98.1 Å². The van der Waals surface area contributed by atoms with Gasteiger partial charge in [-0.2, -0.15) is 0 Å². The Balaban J connectivity index is 1.34. The van der Waals surface area contributed by atoms with Crippen molar-refractivity contribution in [2.75, 3.05) is 10.6 Å². The second-order valence-corrected chi connectivity index (χ2v) is 13.1. The molecule has 2 amide bonds. The van der Waals surface area contributed by atoms with Gasteiger partial charge >= 0.3 is 5.97 Å². The predicted molar refractivity (Wildman–Crippen MR) is 184 cm³/mol. The van der Waals surface area contributed by atoms with E-state index in [1.807, 2.05) is 66.9 Å². The highest BCUT2D eigenvalue weighted by molar-refractivity contribution is 8.00. The lowest BCUT2D eigenvalue weighted by molar-refractivity contribution is -0.115. The van der Waals surface area contributed by atoms with Gasteiger partial charge < -0.3 is 15.7 Å². The van der Waals surface area contributed by atoms with Crippen LogP contribution in [0.2, 0.25) is 20.1 Å². The van der Waals surface area contributed by atoms with Crippen LogP contribution in [0.5, 0.6) is 0 Å². The third kappa shape index (κ3) is 7.47. The summed E-state index contributed by atoms with van der Waals surface area (Å²) in [7, 11) is 0. The zero-order valence-corrected chi connectivity index (χ0v) is 27.8. The van der Waals surface area contributed by atoms with E-state index in [9.17, 15) is 19.5 Å². The number of thiazole rings is 1. The van der Waals surface area contributed by atoms with Crippen LogP contribution in [0.4, 0.5) is 10.8 Å². The number of carboxylic acid groups (broad SMARTS) is 1. The van der Waals surface area contributed by atoms with E-state index in [2.05, 4.69) is 15.6 Å². The highest BCUT2D eigenvalue weighted by atomic mass is 35.5. The molecular weight excluding hydrogens is 696 g/mol. The number of aromatic nitrogens is 1. The first-order valence-corrected chi connectivity index (χ1v) is 16.4. The summed E-state index contributed by atoms with van der Waals surface area (Å²) in [5.41, 5.74) is 3.03. The van der Waals surface area contributed by atoms with Crippen molar-refractivity contribution in [3.8, 4) is 11.3 Å². The van der Waals surface area contributed by atoms with E-state index in [0.717, 1.165) is 27.3 Å². The molecule has 1 atom stereocenters. The highest BCUT2D eigenvalue weighted by Crippen LogP contribution is 2.42. The maximum absolute atomic E-state index is 13.6. The van der Waals surface area contributed by atoms with Crippen molar-refractivity contribution in [1.29, 1.82) is 0 Å². The van der Waals surface area contributed by atoms with Crippen molar-refractivity contribution in [2.45, 2.75) is 17.1 Å². The van der Waals surface area contributed by atoms with Crippen LogP contribution in [0, 0.1) is 6.92 Å². The number of nitrogens with one attached hydrogen (secondary N) is 2. The van der Waals surface area contributed by atoms with E-state index in [-0.39, 0.29) is 21.0 Å². The van der Waals surface area contributed by atoms with Gasteiger partial charge in [0.1, 0.15) is 5.25 Å². The van der Waals surface area contributed by atoms with E-state index < -0.39 is 33.3 Å². The number of hydrogen-bond donors (Lipinski definition) is 3. The summed E-state index contributed by atoms with van der Waals surface area (Å²) in [5.74, 6) is -2.58. The number of rotatable bonds is 9. The number of halogens is 4. The zero-order chi connectivity index (χ0) is 32.2. The Morgan fingerprint density at radius 3 is 2.04 bits per heavy atom. The average Bonchev–Trinajstić information content (AvgIpc) is 3.50. The van der Waals surface area contributed by atoms with Crippen molar-refractivity contribution < 1.29 is 19.5 Å². The Morgan fingerprint density at radius 1 is 0.800 bits per heavy atom. The third-order valence-corrected chi connectivity index (χ3v) is 10.3. The van der Waals surface area contributed by atoms with Gasteiger partial charge in [-0.1, -0.05) is 107 Å². The molecule has 0 saturated heterocycles. The smallest absolute Gasteiger partial charge is 0.338 e. The van der Waals surface area contributed by atoms with Gasteiger partial charge in [-0.3, -0.25) is 9.59 Å². The van der Waals surface area contributed by atoms with Crippen LogP contribution in [0.3, 0.4) is 0 Å². The third-order valence-electron chi connectivity index (χ3n) is 6.50. The standard InChI is InChI=1S/C32H21Cl4N3O4S2/c1-16-7-9-17(10-8-16)21-15-44-32(38-21)39-30(41)28(18-5-3-2-4-6-18)45-20-13-11-19(12-14-20)37-29(40)22-23(31(42)43)25(34)27(36)26(35)24(22)33/h2-15,28H,1H3,(H,37,40)(H,42,43)(H,38,39,41). The normalized spacial score (nSPS) is 11.6. The minimum Gasteiger partial charge on any atom is -0.478 e. The summed E-state index contributed by atoms with van der Waals surface area (Å²) in [6.45, 7) is 2.02. The molecule has 0 saturated carbocycles. The van der Waals surface area contributed by atoms with E-state index in [1.165, 1.54) is 23.1 Å². The SMILES string of the molecule is Cc1ccc(-c2csc(NC(=O)C(Sc3ccc(NC(=O)c4c(Cl)c(Cl)c(Cl)c(Cl)c4C(=O)O)cc3)c3ccccc3)n2)cc1. The van der Waals surface area contributed by atoms with Crippen molar-refractivity contribution in [3.05, 3.63) is 127 Å². The predicted octanol–water partition coefficient (Wildman–Crippen LogP) is 10.2. The quantitative estimate of drug-likeness (QED) is 0.0796. The number of nitrogens with zero attached hydrogens (tertiary/aromatic N) is 1. The molecule has 0 spiro atoms. The van der Waals surface area contributed by atoms with E-state index in [4.69, 9.17) is 46.4 Å². The van der Waals surface area contributed by atoms with Gasteiger partial charge in [-0.25, -0.2) is 9.78 Å². The lowest BCUT2D eigenvalue weighted by Gasteiger charge is -2.17. The molecule has 0 aliphatic rings. The highest BCUT2D eigenvalue weighted by Gasteiger charge is 2.29. The van der Waals surface area contributed by atoms with E-state index in [0.29, 0.717) is 10.8 Å². The fraction of sp³-hybridized carbons (Fsp3) is 0.0625. The summed E-state index contributed by atoms with van der Waals surface area (Å²) in [6, 6.07) is 24.0. The Hall–Kier alpha value is -3.57. The molecule has 0 radical (unpaired) electrons. The molecule has 45 heavy (non-hydrogen) atoms. The molecule has 1 heterocycles. The maximum Gasteiger partial charge on any atom is 0.338 e. The Kier molecular flexibility index (Phi) is 10.4. The van der Waals surface area contributed by atoms with Crippen LogP contribution in [-0.2, 0) is 4.79 Å². The minimum atomic E-state index is -1.49. The number of amides is 2. The fourth-order valence-electron chi connectivity index (χ4n) is 4.25. The van der Waals surface area contributed by atoms with Crippen LogP contribution in [0.1, 0.15) is 37.1 Å². The van der Waals surface area contributed by atoms with Gasteiger partial charge in [0.25, 0.3) is 5.91 Å². The molecule has 7 nitrogen and oxygen atoms in total. The first kappa shape index (κ1) is 32.8. The number of hydrogen-bond acceptors (Lipinski definition) is 6. The second-order valence-electron chi connectivity index (χ2n) is 9.59. The van der Waals surface area contributed by atoms with Gasteiger partial charge in [-0.05, 0) is 36.8 Å². The molecule has 228 valence electrons. The van der Waals surface area contributed by atoms with Gasteiger partial charge in [-0.15, -0.1) is 23.1 Å². The number of carboxylic acids is 1. The molecule has 3 N–H and O–H groups in total. The largest absolute Gasteiger partial charge is 0.478 e. The summed E-state index contributed by atoms with van der Waals surface area (Å²) < 4.78 is 0. The van der Waals surface area contributed by atoms with Crippen molar-refractivity contribution in [3.63, 3.8) is 0 Å². The number of carbonyl (C=O) groups excluding carboxylic acids is 2. The summed E-state index contributed by atoms with van der Waals surface area (Å²) in [4.78, 5) is 43.9. The molecule has 4 aromatic carbocycles. The number of aryl methyl sites for hydroxylation is 1. The van der Waals surface area contributed by atoms with Gasteiger partial charge in [0.05, 0.1) is 36.9 Å². The van der Waals surface area contributed by atoms with Crippen LogP contribution in [0.15, 0.2) is 89.1 Å². The molecule has 0 aliphatic heterocycles. The maximum atomic E-state index is 13.6. The Labute approximate surface area is 286 Å². The van der Waals surface area contributed by atoms with Gasteiger partial charge in [0, 0.05) is 21.5 Å². The lowest BCUT2D eigenvalue weighted by Crippen LogP contribution is -2.19. The van der Waals surface area contributed by atoms with E-state index in [1.54, 1.807) is 24.3 Å². The number of aromatic carboxylic acids is 1. The van der Waals surface area contributed by atoms with Crippen LogP contribution in [-0.4, -0.2) is 27.9 Å². The fourth-order valence-corrected chi connectivity index (χ4v) is 7.02. The Morgan fingerprint density at radius 2 is 1.42 bits per heavy atom. The molecule has 5 aromatic rings. The van der Waals surface area contributed by atoms with Crippen LogP contribution < -0.4 is 10.6 Å². The van der Waals surface area contributed by atoms with E-state index >= 15 is 0 Å². The number of thioether (sulfide) groups is 1. The molecular formula is C32H21Cl4N3O4S2. The van der Waals surface area contributed by atoms with Crippen LogP contribution in [0.25, 0.3) is 11.3 Å². The minimum absolute atomic E-state index is 0.236. The average molecular weight is 717 g/mol. The topological polar surface area (TPSA) is 108 Å². The van der Waals surface area contributed by atoms with Crippen molar-refractivity contribution in [1.82, 2.24) is 4.98 Å². The first-order valence-electron chi connectivity index (χ1n) is 13.1. The molecule has 0 aliphatic carbocycles. The summed E-state index contributed by atoms with van der Waals surface area (Å²) >= 11 is 27.0. The summed E-state index contributed by atoms with van der Waals surface area (Å²) in [5, 5.41) is 15.7. The van der Waals surface area contributed by atoms with Crippen LogP contribution >= 0.6 is 69.5 Å². The van der Waals surface area contributed by atoms with Gasteiger partial charge in [0.2, 0.25) is 5.91 Å². The molecule has 1 aromatic heterocycles. The van der Waals surface area contributed by atoms with Gasteiger partial charge in [0.15, 0.2) is 5.13 Å². The zero-order valence-electron chi connectivity index (χ0n) is 23.1. The Bertz CT molecular complexity index is 1900. The lowest BCUT2D eigenvalue weighted by atomic mass is 10.1. The van der Waals surface area contributed by atoms with Crippen molar-refractivity contribution in [2.24, 2.45) is 0 Å².